The van der Waals surface area contributed by atoms with Gasteiger partial charge in [-0.2, -0.15) is 0 Å². The Labute approximate surface area is 115 Å². The molecule has 0 saturated carbocycles. The monoisotopic (exact) mass is 284 g/mol. The van der Waals surface area contributed by atoms with Gasteiger partial charge in [0.05, 0.1) is 6.10 Å². The van der Waals surface area contributed by atoms with Gasteiger partial charge in [-0.3, -0.25) is 4.79 Å². The third-order valence-corrected chi connectivity index (χ3v) is 3.15. The summed E-state index contributed by atoms with van der Waals surface area (Å²) in [5, 5.41) is 12.7. The van der Waals surface area contributed by atoms with Crippen LogP contribution in [0.25, 0.3) is 0 Å². The van der Waals surface area contributed by atoms with Crippen molar-refractivity contribution in [3.05, 3.63) is 11.8 Å². The standard InChI is InChI=1S/C12H16N2O6/c1-7-3-10(13-20-7)19-6-11(15)14-5-8(18-2)4-9(14)12(16)17/h3,8-9H,4-6H2,1-2H3,(H,16,17). The van der Waals surface area contributed by atoms with E-state index in [0.717, 1.165) is 0 Å². The normalized spacial score (nSPS) is 22.0. The van der Waals surface area contributed by atoms with Gasteiger partial charge in [-0.1, -0.05) is 0 Å². The molecule has 2 rings (SSSR count). The van der Waals surface area contributed by atoms with Crippen LogP contribution in [0.15, 0.2) is 10.6 Å². The van der Waals surface area contributed by atoms with E-state index in [9.17, 15) is 9.59 Å². The number of ether oxygens (including phenoxy) is 2. The highest BCUT2D eigenvalue weighted by molar-refractivity contribution is 5.85. The summed E-state index contributed by atoms with van der Waals surface area (Å²) in [6.45, 7) is 1.66. The maximum absolute atomic E-state index is 12.0. The van der Waals surface area contributed by atoms with Crippen molar-refractivity contribution < 1.29 is 28.7 Å². The molecule has 110 valence electrons. The number of carboxylic acids is 1. The van der Waals surface area contributed by atoms with Crippen LogP contribution in [0.3, 0.4) is 0 Å². The molecule has 1 aromatic heterocycles. The number of likely N-dealkylation sites (tertiary alicyclic amines) is 1. The molecule has 0 bridgehead atoms. The third kappa shape index (κ3) is 3.08. The molecule has 0 spiro atoms. The second-order valence-corrected chi connectivity index (χ2v) is 4.56. The molecule has 2 atom stereocenters. The van der Waals surface area contributed by atoms with Crippen LogP contribution in [0.4, 0.5) is 0 Å². The summed E-state index contributed by atoms with van der Waals surface area (Å²) in [5.41, 5.74) is 0. The predicted molar refractivity (Wildman–Crippen MR) is 65.3 cm³/mol. The SMILES string of the molecule is COC1CC(C(=O)O)N(C(=O)COc2cc(C)on2)C1. The van der Waals surface area contributed by atoms with Crippen molar-refractivity contribution in [1.29, 1.82) is 0 Å². The molecule has 0 radical (unpaired) electrons. The van der Waals surface area contributed by atoms with Crippen molar-refractivity contribution in [2.24, 2.45) is 0 Å². The lowest BCUT2D eigenvalue weighted by molar-refractivity contribution is -0.149. The van der Waals surface area contributed by atoms with E-state index in [1.807, 2.05) is 0 Å². The Morgan fingerprint density at radius 1 is 1.60 bits per heavy atom. The number of carboxylic acid groups (broad SMARTS) is 1. The topological polar surface area (TPSA) is 102 Å². The predicted octanol–water partition coefficient (Wildman–Crippen LogP) is 0.0623. The molecule has 8 heteroatoms. The highest BCUT2D eigenvalue weighted by Gasteiger charge is 2.39. The third-order valence-electron chi connectivity index (χ3n) is 3.15. The van der Waals surface area contributed by atoms with Crippen LogP contribution >= 0.6 is 0 Å². The summed E-state index contributed by atoms with van der Waals surface area (Å²) in [5.74, 6) is -0.700. The smallest absolute Gasteiger partial charge is 0.326 e. The van der Waals surface area contributed by atoms with E-state index in [0.29, 0.717) is 5.76 Å². The number of methoxy groups -OCH3 is 1. The lowest BCUT2D eigenvalue weighted by atomic mass is 10.2. The van der Waals surface area contributed by atoms with Crippen LogP contribution in [0.1, 0.15) is 12.2 Å². The summed E-state index contributed by atoms with van der Waals surface area (Å²) < 4.78 is 15.1. The molecule has 1 amide bonds. The Morgan fingerprint density at radius 2 is 2.35 bits per heavy atom. The van der Waals surface area contributed by atoms with Crippen LogP contribution in [0.5, 0.6) is 5.88 Å². The number of nitrogens with zero attached hydrogens (tertiary/aromatic N) is 2. The number of aromatic nitrogens is 1. The maximum atomic E-state index is 12.0. The molecule has 1 aromatic rings. The van der Waals surface area contributed by atoms with Gasteiger partial charge in [-0.25, -0.2) is 4.79 Å². The van der Waals surface area contributed by atoms with Gasteiger partial charge in [0.15, 0.2) is 6.61 Å². The van der Waals surface area contributed by atoms with Crippen molar-refractivity contribution in [3.63, 3.8) is 0 Å². The molecule has 0 aliphatic carbocycles. The molecule has 2 unspecified atom stereocenters. The average molecular weight is 284 g/mol. The van der Waals surface area contributed by atoms with Crippen LogP contribution < -0.4 is 4.74 Å². The summed E-state index contributed by atoms with van der Waals surface area (Å²) in [6.07, 6.45) is 0.00929. The van der Waals surface area contributed by atoms with Crippen molar-refractivity contribution in [1.82, 2.24) is 10.1 Å². The van der Waals surface area contributed by atoms with Gasteiger partial charge in [-0.15, -0.1) is 0 Å². The Bertz CT molecular complexity index is 500. The minimum Gasteiger partial charge on any atom is -0.480 e. The Kier molecular flexibility index (Phi) is 4.23. The van der Waals surface area contributed by atoms with Gasteiger partial charge < -0.3 is 24.0 Å². The van der Waals surface area contributed by atoms with E-state index in [4.69, 9.17) is 19.1 Å². The quantitative estimate of drug-likeness (QED) is 0.815. The average Bonchev–Trinajstić information content (AvgIpc) is 3.02. The Morgan fingerprint density at radius 3 is 2.90 bits per heavy atom. The first kappa shape index (κ1) is 14.3. The molecular formula is C12H16N2O6. The van der Waals surface area contributed by atoms with E-state index in [-0.39, 0.29) is 31.6 Å². The molecule has 1 N–H and O–H groups in total. The number of carbonyl (C=O) groups excluding carboxylic acids is 1. The van der Waals surface area contributed by atoms with Crippen molar-refractivity contribution in [2.45, 2.75) is 25.5 Å². The van der Waals surface area contributed by atoms with Crippen LogP contribution in [0.2, 0.25) is 0 Å². The fraction of sp³-hybridized carbons (Fsp3) is 0.583. The van der Waals surface area contributed by atoms with Crippen molar-refractivity contribution in [2.75, 3.05) is 20.3 Å². The molecule has 0 aromatic carbocycles. The largest absolute Gasteiger partial charge is 0.480 e. The Hall–Kier alpha value is -2.09. The van der Waals surface area contributed by atoms with Gasteiger partial charge >= 0.3 is 5.97 Å². The van der Waals surface area contributed by atoms with E-state index in [1.165, 1.54) is 12.0 Å². The minimum atomic E-state index is -1.05. The van der Waals surface area contributed by atoms with Crippen LogP contribution in [0, 0.1) is 6.92 Å². The number of aliphatic carboxylic acids is 1. The molecule has 1 saturated heterocycles. The summed E-state index contributed by atoms with van der Waals surface area (Å²) in [7, 11) is 1.49. The molecule has 20 heavy (non-hydrogen) atoms. The van der Waals surface area contributed by atoms with Crippen molar-refractivity contribution >= 4 is 11.9 Å². The van der Waals surface area contributed by atoms with Crippen molar-refractivity contribution in [3.8, 4) is 5.88 Å². The first-order chi connectivity index (χ1) is 9.51. The molecule has 8 nitrogen and oxygen atoms in total. The highest BCUT2D eigenvalue weighted by Crippen LogP contribution is 2.20. The highest BCUT2D eigenvalue weighted by atomic mass is 16.5. The lowest BCUT2D eigenvalue weighted by Crippen LogP contribution is -2.43. The number of carbonyl (C=O) groups is 2. The first-order valence-corrected chi connectivity index (χ1v) is 6.12. The van der Waals surface area contributed by atoms with Crippen LogP contribution in [-0.2, 0) is 14.3 Å². The molecule has 1 fully saturated rings. The minimum absolute atomic E-state index is 0.199. The molecular weight excluding hydrogens is 268 g/mol. The van der Waals surface area contributed by atoms with E-state index in [1.54, 1.807) is 13.0 Å². The van der Waals surface area contributed by atoms with Crippen LogP contribution in [-0.4, -0.2) is 59.4 Å². The fourth-order valence-electron chi connectivity index (χ4n) is 2.11. The van der Waals surface area contributed by atoms with Gasteiger partial charge in [0.25, 0.3) is 11.8 Å². The zero-order valence-corrected chi connectivity index (χ0v) is 11.2. The summed E-state index contributed by atoms with van der Waals surface area (Å²) in [4.78, 5) is 24.4. The fourth-order valence-corrected chi connectivity index (χ4v) is 2.11. The van der Waals surface area contributed by atoms with Gasteiger partial charge in [0.2, 0.25) is 0 Å². The zero-order chi connectivity index (χ0) is 14.7. The number of hydrogen-bond donors (Lipinski definition) is 1. The first-order valence-electron chi connectivity index (χ1n) is 6.12. The lowest BCUT2D eigenvalue weighted by Gasteiger charge is -2.20. The van der Waals surface area contributed by atoms with Gasteiger partial charge in [0.1, 0.15) is 11.8 Å². The zero-order valence-electron chi connectivity index (χ0n) is 11.2. The molecule has 1 aliphatic heterocycles. The number of rotatable bonds is 5. The summed E-state index contributed by atoms with van der Waals surface area (Å²) >= 11 is 0. The number of hydrogen-bond acceptors (Lipinski definition) is 6. The second kappa shape index (κ2) is 5.91. The van der Waals surface area contributed by atoms with Gasteiger partial charge in [0, 0.05) is 26.1 Å². The Balaban J connectivity index is 1.95. The number of amides is 1. The summed E-state index contributed by atoms with van der Waals surface area (Å²) in [6, 6.07) is 0.666. The maximum Gasteiger partial charge on any atom is 0.326 e. The van der Waals surface area contributed by atoms with E-state index >= 15 is 0 Å². The molecule has 2 heterocycles. The van der Waals surface area contributed by atoms with E-state index < -0.39 is 17.9 Å². The van der Waals surface area contributed by atoms with Gasteiger partial charge in [-0.05, 0) is 12.1 Å². The van der Waals surface area contributed by atoms with E-state index in [2.05, 4.69) is 5.16 Å². The second-order valence-electron chi connectivity index (χ2n) is 4.56. The molecule has 1 aliphatic rings. The number of aryl methyl sites for hydroxylation is 1.